The zero-order valence-corrected chi connectivity index (χ0v) is 12.7. The summed E-state index contributed by atoms with van der Waals surface area (Å²) in [6.45, 7) is 5.50. The second-order valence-corrected chi connectivity index (χ2v) is 7.04. The molecule has 1 amide bonds. The van der Waals surface area contributed by atoms with Gasteiger partial charge in [-0.1, -0.05) is 6.92 Å². The molecule has 0 fully saturated rings. The van der Waals surface area contributed by atoms with Crippen molar-refractivity contribution in [3.8, 4) is 0 Å². The van der Waals surface area contributed by atoms with Crippen molar-refractivity contribution >= 4 is 27.3 Å². The van der Waals surface area contributed by atoms with Gasteiger partial charge in [-0.25, -0.2) is 13.1 Å². The summed E-state index contributed by atoms with van der Waals surface area (Å²) in [6.07, 6.45) is 0. The van der Waals surface area contributed by atoms with E-state index in [-0.39, 0.29) is 10.1 Å². The molecule has 0 aliphatic carbocycles. The molecule has 0 saturated carbocycles. The molecule has 0 unspecified atom stereocenters. The van der Waals surface area contributed by atoms with Crippen LogP contribution in [0.3, 0.4) is 0 Å². The highest BCUT2D eigenvalue weighted by atomic mass is 32.2. The van der Waals surface area contributed by atoms with Crippen LogP contribution in [0.15, 0.2) is 16.3 Å². The Bertz CT molecular complexity index is 511. The van der Waals surface area contributed by atoms with Crippen LogP contribution in [0.25, 0.3) is 0 Å². The van der Waals surface area contributed by atoms with Crippen LogP contribution in [0, 0.1) is 0 Å². The highest BCUT2D eigenvalue weighted by molar-refractivity contribution is 7.91. The highest BCUT2D eigenvalue weighted by Crippen LogP contribution is 2.21. The molecule has 0 aliphatic rings. The predicted octanol–water partition coefficient (Wildman–Crippen LogP) is 0.272. The second-order valence-electron chi connectivity index (χ2n) is 3.88. The normalized spacial score (nSPS) is 11.5. The van der Waals surface area contributed by atoms with E-state index >= 15 is 0 Å². The number of likely N-dealkylation sites (N-methyl/N-ethyl adjacent to an activating group) is 1. The highest BCUT2D eigenvalue weighted by Gasteiger charge is 2.15. The van der Waals surface area contributed by atoms with Crippen LogP contribution >= 0.6 is 11.3 Å². The van der Waals surface area contributed by atoms with E-state index < -0.39 is 10.0 Å². The van der Waals surface area contributed by atoms with Crippen molar-refractivity contribution in [3.05, 3.63) is 17.0 Å². The number of thiophene rings is 1. The Morgan fingerprint density at radius 3 is 2.68 bits per heavy atom. The van der Waals surface area contributed by atoms with Crippen molar-refractivity contribution in [1.29, 1.82) is 0 Å². The maximum atomic E-state index is 11.9. The molecule has 0 radical (unpaired) electrons. The van der Waals surface area contributed by atoms with Gasteiger partial charge >= 0.3 is 0 Å². The quantitative estimate of drug-likeness (QED) is 0.602. The summed E-state index contributed by atoms with van der Waals surface area (Å²) in [6, 6.07) is 3.26. The van der Waals surface area contributed by atoms with Gasteiger partial charge in [0.05, 0.1) is 6.54 Å². The van der Waals surface area contributed by atoms with Crippen molar-refractivity contribution in [1.82, 2.24) is 15.4 Å². The average molecular weight is 305 g/mol. The molecule has 19 heavy (non-hydrogen) atoms. The monoisotopic (exact) mass is 305 g/mol. The molecule has 0 spiro atoms. The zero-order valence-electron chi connectivity index (χ0n) is 11.0. The minimum Gasteiger partial charge on any atom is -0.351 e. The van der Waals surface area contributed by atoms with Crippen LogP contribution in [0.4, 0.5) is 0 Å². The third kappa shape index (κ3) is 5.68. The minimum atomic E-state index is -3.44. The molecule has 6 nitrogen and oxygen atoms in total. The van der Waals surface area contributed by atoms with Crippen molar-refractivity contribution in [2.24, 2.45) is 0 Å². The maximum absolute atomic E-state index is 11.9. The van der Waals surface area contributed by atoms with Crippen LogP contribution in [-0.4, -0.2) is 34.0 Å². The second kappa shape index (κ2) is 7.59. The summed E-state index contributed by atoms with van der Waals surface area (Å²) in [5, 5.41) is 5.67. The van der Waals surface area contributed by atoms with E-state index in [4.69, 9.17) is 0 Å². The maximum Gasteiger partial charge on any atom is 0.250 e. The Morgan fingerprint density at radius 1 is 1.32 bits per heavy atom. The Balaban J connectivity index is 2.56. The van der Waals surface area contributed by atoms with Gasteiger partial charge in [-0.15, -0.1) is 11.3 Å². The summed E-state index contributed by atoms with van der Waals surface area (Å²) in [5.74, 6) is -0.137. The Kier molecular flexibility index (Phi) is 6.43. The SMILES string of the molecule is CCNCCNS(=O)(=O)c1ccc(CNC(C)=O)s1. The van der Waals surface area contributed by atoms with E-state index in [0.29, 0.717) is 19.6 Å². The first-order chi connectivity index (χ1) is 8.95. The third-order valence-corrected chi connectivity index (χ3v) is 5.30. The average Bonchev–Trinajstić information content (AvgIpc) is 2.82. The topological polar surface area (TPSA) is 87.3 Å². The summed E-state index contributed by atoms with van der Waals surface area (Å²) < 4.78 is 26.7. The van der Waals surface area contributed by atoms with Crippen molar-refractivity contribution < 1.29 is 13.2 Å². The lowest BCUT2D eigenvalue weighted by atomic mass is 10.4. The van der Waals surface area contributed by atoms with Gasteiger partial charge in [-0.3, -0.25) is 4.79 Å². The molecule has 1 aromatic rings. The molecule has 0 saturated heterocycles. The van der Waals surface area contributed by atoms with Crippen molar-refractivity contribution in [3.63, 3.8) is 0 Å². The van der Waals surface area contributed by atoms with Crippen molar-refractivity contribution in [2.45, 2.75) is 24.6 Å². The number of hydrogen-bond donors (Lipinski definition) is 3. The smallest absolute Gasteiger partial charge is 0.250 e. The number of hydrogen-bond acceptors (Lipinski definition) is 5. The fourth-order valence-electron chi connectivity index (χ4n) is 1.33. The first kappa shape index (κ1) is 16.1. The number of sulfonamides is 1. The number of nitrogens with one attached hydrogen (secondary N) is 3. The largest absolute Gasteiger partial charge is 0.351 e. The molecule has 8 heteroatoms. The van der Waals surface area contributed by atoms with E-state index in [0.717, 1.165) is 22.8 Å². The number of rotatable bonds is 8. The number of carbonyl (C=O) groups is 1. The third-order valence-electron chi connectivity index (χ3n) is 2.26. The van der Waals surface area contributed by atoms with E-state index in [1.54, 1.807) is 12.1 Å². The first-order valence-electron chi connectivity index (χ1n) is 5.99. The molecular weight excluding hydrogens is 286 g/mol. The van der Waals surface area contributed by atoms with Gasteiger partial charge in [0, 0.05) is 24.9 Å². The van der Waals surface area contributed by atoms with Gasteiger partial charge in [0.1, 0.15) is 4.21 Å². The van der Waals surface area contributed by atoms with E-state index in [1.165, 1.54) is 6.92 Å². The summed E-state index contributed by atoms with van der Waals surface area (Å²) in [4.78, 5) is 11.6. The molecular formula is C11H19N3O3S2. The summed E-state index contributed by atoms with van der Waals surface area (Å²) >= 11 is 1.16. The van der Waals surface area contributed by atoms with Gasteiger partial charge in [-0.05, 0) is 18.7 Å². The summed E-state index contributed by atoms with van der Waals surface area (Å²) in [7, 11) is -3.44. The predicted molar refractivity (Wildman–Crippen MR) is 75.6 cm³/mol. The lowest BCUT2D eigenvalue weighted by Gasteiger charge is -2.04. The molecule has 0 aliphatic heterocycles. The molecule has 1 rings (SSSR count). The molecule has 0 aromatic carbocycles. The molecule has 1 aromatic heterocycles. The fraction of sp³-hybridized carbons (Fsp3) is 0.545. The zero-order chi connectivity index (χ0) is 14.3. The lowest BCUT2D eigenvalue weighted by Crippen LogP contribution is -2.31. The number of carbonyl (C=O) groups excluding carboxylic acids is 1. The van der Waals surface area contributed by atoms with Crippen molar-refractivity contribution in [2.75, 3.05) is 19.6 Å². The van der Waals surface area contributed by atoms with Crippen LogP contribution < -0.4 is 15.4 Å². The van der Waals surface area contributed by atoms with Crippen LogP contribution in [-0.2, 0) is 21.4 Å². The fourth-order valence-corrected chi connectivity index (χ4v) is 3.70. The van der Waals surface area contributed by atoms with Crippen LogP contribution in [0.1, 0.15) is 18.7 Å². The van der Waals surface area contributed by atoms with Gasteiger partial charge in [0.2, 0.25) is 15.9 Å². The Hall–Kier alpha value is -0.960. The standard InChI is InChI=1S/C11H19N3O3S2/c1-3-12-6-7-14-19(16,17)11-5-4-10(18-11)8-13-9(2)15/h4-5,12,14H,3,6-8H2,1-2H3,(H,13,15). The van der Waals surface area contributed by atoms with Gasteiger partial charge < -0.3 is 10.6 Å². The first-order valence-corrected chi connectivity index (χ1v) is 8.29. The Morgan fingerprint density at radius 2 is 2.05 bits per heavy atom. The van der Waals surface area contributed by atoms with Crippen LogP contribution in [0.5, 0.6) is 0 Å². The molecule has 108 valence electrons. The van der Waals surface area contributed by atoms with Gasteiger partial charge in [-0.2, -0.15) is 0 Å². The Labute approximate surface area is 117 Å². The lowest BCUT2D eigenvalue weighted by molar-refractivity contribution is -0.119. The molecule has 0 bridgehead atoms. The van der Waals surface area contributed by atoms with E-state index in [2.05, 4.69) is 15.4 Å². The van der Waals surface area contributed by atoms with Gasteiger partial charge in [0.25, 0.3) is 0 Å². The number of amides is 1. The van der Waals surface area contributed by atoms with E-state index in [9.17, 15) is 13.2 Å². The molecule has 1 heterocycles. The van der Waals surface area contributed by atoms with Gasteiger partial charge in [0.15, 0.2) is 0 Å². The minimum absolute atomic E-state index is 0.137. The molecule has 0 atom stereocenters. The van der Waals surface area contributed by atoms with E-state index in [1.807, 2.05) is 6.92 Å². The summed E-state index contributed by atoms with van der Waals surface area (Å²) in [5.41, 5.74) is 0. The molecule has 3 N–H and O–H groups in total. The van der Waals surface area contributed by atoms with Crippen LogP contribution in [0.2, 0.25) is 0 Å².